The van der Waals surface area contributed by atoms with Crippen molar-refractivity contribution in [3.8, 4) is 0 Å². The smallest absolute Gasteiger partial charge is 0.0132 e. The Morgan fingerprint density at radius 1 is 1.20 bits per heavy atom. The minimum Gasteiger partial charge on any atom is -0.311 e. The highest BCUT2D eigenvalue weighted by molar-refractivity contribution is 5.12. The van der Waals surface area contributed by atoms with Crippen LogP contribution in [0.3, 0.4) is 0 Å². The summed E-state index contributed by atoms with van der Waals surface area (Å²) in [6.45, 7) is 2.41. The highest BCUT2D eigenvalue weighted by atomic mass is 15.0. The largest absolute Gasteiger partial charge is 0.311 e. The number of nitrogens with one attached hydrogen (secondary N) is 1. The molecule has 0 saturated heterocycles. The second kappa shape index (κ2) is 1.58. The fraction of sp³-hybridized carbons (Fsp3) is 1.00. The van der Waals surface area contributed by atoms with Crippen LogP contribution in [0.2, 0.25) is 0 Å². The molecule has 0 aliphatic heterocycles. The van der Waals surface area contributed by atoms with Crippen molar-refractivity contribution in [2.75, 3.05) is 0 Å². The van der Waals surface area contributed by atoms with Gasteiger partial charge in [0.25, 0.3) is 0 Å². The van der Waals surface area contributed by atoms with Gasteiger partial charge in [-0.2, -0.15) is 0 Å². The maximum absolute atomic E-state index is 3.72. The molecule has 1 nitrogen and oxygen atoms in total. The van der Waals surface area contributed by atoms with Crippen molar-refractivity contribution in [3.05, 3.63) is 0 Å². The Hall–Kier alpha value is -0.0400. The van der Waals surface area contributed by atoms with E-state index in [2.05, 4.69) is 12.2 Å². The fourth-order valence-corrected chi connectivity index (χ4v) is 2.56. The van der Waals surface area contributed by atoms with Crippen LogP contribution >= 0.6 is 0 Å². The summed E-state index contributed by atoms with van der Waals surface area (Å²) in [5.41, 5.74) is 0. The van der Waals surface area contributed by atoms with Gasteiger partial charge >= 0.3 is 0 Å². The molecular weight excluding hydrogens is 122 g/mol. The molecule has 4 fully saturated rings. The Morgan fingerprint density at radius 2 is 1.90 bits per heavy atom. The summed E-state index contributed by atoms with van der Waals surface area (Å²) < 4.78 is 0. The van der Waals surface area contributed by atoms with Crippen molar-refractivity contribution in [2.45, 2.75) is 38.3 Å². The van der Waals surface area contributed by atoms with E-state index in [0.29, 0.717) is 0 Å². The van der Waals surface area contributed by atoms with Gasteiger partial charge in [-0.3, -0.25) is 0 Å². The predicted molar refractivity (Wildman–Crippen MR) is 40.7 cm³/mol. The Morgan fingerprint density at radius 3 is 2.30 bits per heavy atom. The zero-order valence-electron chi connectivity index (χ0n) is 6.51. The van der Waals surface area contributed by atoms with E-state index in [1.165, 1.54) is 19.3 Å². The summed E-state index contributed by atoms with van der Waals surface area (Å²) in [5.74, 6) is 3.22. The third kappa shape index (κ3) is 0.531. The van der Waals surface area contributed by atoms with E-state index >= 15 is 0 Å². The van der Waals surface area contributed by atoms with E-state index in [4.69, 9.17) is 0 Å². The van der Waals surface area contributed by atoms with Crippen molar-refractivity contribution in [3.63, 3.8) is 0 Å². The fourth-order valence-electron chi connectivity index (χ4n) is 2.56. The minimum atomic E-state index is 0.933. The maximum Gasteiger partial charge on any atom is 0.0132 e. The summed E-state index contributed by atoms with van der Waals surface area (Å²) in [5, 5.41) is 3.72. The highest BCUT2D eigenvalue weighted by Crippen LogP contribution is 2.58. The van der Waals surface area contributed by atoms with Crippen LogP contribution in [0, 0.1) is 17.8 Å². The molecule has 4 rings (SSSR count). The lowest BCUT2D eigenvalue weighted by Gasteiger charge is -2.64. The second-order valence-corrected chi connectivity index (χ2v) is 4.39. The van der Waals surface area contributed by atoms with Gasteiger partial charge in [-0.15, -0.1) is 0 Å². The first-order valence-corrected chi connectivity index (χ1v) is 4.62. The van der Waals surface area contributed by atoms with E-state index in [-0.39, 0.29) is 0 Å². The second-order valence-electron chi connectivity index (χ2n) is 4.39. The van der Waals surface area contributed by atoms with Crippen LogP contribution in [0.1, 0.15) is 26.2 Å². The Bertz CT molecular complexity index is 152. The molecule has 2 bridgehead atoms. The average molecular weight is 137 g/mol. The first-order chi connectivity index (χ1) is 4.86. The van der Waals surface area contributed by atoms with Gasteiger partial charge in [0.05, 0.1) is 0 Å². The SMILES string of the molecule is CC1C2CC1C2NC1CC1. The van der Waals surface area contributed by atoms with Crippen LogP contribution in [0.4, 0.5) is 0 Å². The molecule has 0 radical (unpaired) electrons. The molecule has 0 aromatic rings. The Balaban J connectivity index is 1.57. The van der Waals surface area contributed by atoms with Crippen LogP contribution in [0.25, 0.3) is 0 Å². The van der Waals surface area contributed by atoms with Crippen LogP contribution in [-0.4, -0.2) is 12.1 Å². The van der Waals surface area contributed by atoms with E-state index in [1.54, 1.807) is 0 Å². The molecule has 1 heteroatoms. The van der Waals surface area contributed by atoms with Gasteiger partial charge in [0, 0.05) is 12.1 Å². The van der Waals surface area contributed by atoms with Crippen molar-refractivity contribution in [1.29, 1.82) is 0 Å². The summed E-state index contributed by atoms with van der Waals surface area (Å²) in [4.78, 5) is 0. The molecule has 0 heterocycles. The number of hydrogen-bond acceptors (Lipinski definition) is 1. The molecule has 0 aromatic carbocycles. The lowest BCUT2D eigenvalue weighted by molar-refractivity contribution is -0.116. The predicted octanol–water partition coefficient (Wildman–Crippen LogP) is 1.39. The zero-order chi connectivity index (χ0) is 6.72. The van der Waals surface area contributed by atoms with Crippen LogP contribution in [-0.2, 0) is 0 Å². The van der Waals surface area contributed by atoms with Gasteiger partial charge in [0.1, 0.15) is 0 Å². The van der Waals surface area contributed by atoms with Crippen molar-refractivity contribution in [2.24, 2.45) is 17.8 Å². The third-order valence-electron chi connectivity index (χ3n) is 3.82. The molecule has 4 aliphatic rings. The number of rotatable bonds is 2. The van der Waals surface area contributed by atoms with Gasteiger partial charge in [0.2, 0.25) is 0 Å². The van der Waals surface area contributed by atoms with Gasteiger partial charge in [0.15, 0.2) is 0 Å². The van der Waals surface area contributed by atoms with Gasteiger partial charge in [-0.1, -0.05) is 6.92 Å². The normalized spacial score (nSPS) is 57.3. The average Bonchev–Trinajstić information content (AvgIpc) is 2.60. The summed E-state index contributed by atoms with van der Waals surface area (Å²) in [6, 6.07) is 1.89. The molecule has 4 aliphatic carbocycles. The van der Waals surface area contributed by atoms with E-state index in [9.17, 15) is 0 Å². The lowest BCUT2D eigenvalue weighted by atomic mass is 9.45. The van der Waals surface area contributed by atoms with Gasteiger partial charge in [-0.05, 0) is 37.0 Å². The van der Waals surface area contributed by atoms with E-state index < -0.39 is 0 Å². The van der Waals surface area contributed by atoms with Gasteiger partial charge < -0.3 is 5.32 Å². The molecule has 10 heavy (non-hydrogen) atoms. The van der Waals surface area contributed by atoms with Crippen LogP contribution < -0.4 is 5.32 Å². The monoisotopic (exact) mass is 137 g/mol. The lowest BCUT2D eigenvalue weighted by Crippen LogP contribution is -2.68. The molecule has 1 N–H and O–H groups in total. The Kier molecular flexibility index (Phi) is 0.883. The minimum absolute atomic E-state index is 0.933. The van der Waals surface area contributed by atoms with Crippen molar-refractivity contribution < 1.29 is 0 Å². The first-order valence-electron chi connectivity index (χ1n) is 4.62. The zero-order valence-corrected chi connectivity index (χ0v) is 6.51. The van der Waals surface area contributed by atoms with E-state index in [0.717, 1.165) is 29.8 Å². The quantitative estimate of drug-likeness (QED) is 0.606. The molecule has 4 saturated carbocycles. The van der Waals surface area contributed by atoms with Crippen LogP contribution in [0.15, 0.2) is 0 Å². The summed E-state index contributed by atoms with van der Waals surface area (Å²) >= 11 is 0. The molecule has 0 spiro atoms. The molecular formula is C9H15N. The maximum atomic E-state index is 3.72. The molecule has 2 unspecified atom stereocenters. The molecule has 2 atom stereocenters. The third-order valence-corrected chi connectivity index (χ3v) is 3.82. The standard InChI is InChI=1S/C9H15N/c1-5-7-4-8(5)9(7)10-6-2-3-6/h5-10H,2-4H2,1H3. The highest BCUT2D eigenvalue weighted by Gasteiger charge is 2.59. The molecule has 0 aromatic heterocycles. The molecule has 56 valence electrons. The van der Waals surface area contributed by atoms with Crippen molar-refractivity contribution >= 4 is 0 Å². The van der Waals surface area contributed by atoms with Crippen LogP contribution in [0.5, 0.6) is 0 Å². The van der Waals surface area contributed by atoms with E-state index in [1.807, 2.05) is 0 Å². The van der Waals surface area contributed by atoms with Crippen molar-refractivity contribution in [1.82, 2.24) is 5.32 Å². The summed E-state index contributed by atoms with van der Waals surface area (Å²) in [6.07, 6.45) is 4.43. The molecule has 0 amide bonds. The first kappa shape index (κ1) is 5.59. The topological polar surface area (TPSA) is 12.0 Å². The van der Waals surface area contributed by atoms with Gasteiger partial charge in [-0.25, -0.2) is 0 Å². The number of hydrogen-bond donors (Lipinski definition) is 1. The summed E-state index contributed by atoms with van der Waals surface area (Å²) in [7, 11) is 0. The Labute approximate surface area is 62.2 Å².